The molecule has 4 rings (SSSR count). The highest BCUT2D eigenvalue weighted by Gasteiger charge is 2.37. The highest BCUT2D eigenvalue weighted by atomic mass is 19.1. The van der Waals surface area contributed by atoms with Gasteiger partial charge in [0.1, 0.15) is 13.3 Å². The molecule has 2 aliphatic rings. The summed E-state index contributed by atoms with van der Waals surface area (Å²) in [6.45, 7) is 2.81. The Hall–Kier alpha value is -2.21. The summed E-state index contributed by atoms with van der Waals surface area (Å²) in [4.78, 5) is 14.6. The highest BCUT2D eigenvalue weighted by Crippen LogP contribution is 2.42. The third kappa shape index (κ3) is 3.04. The predicted molar refractivity (Wildman–Crippen MR) is 106 cm³/mol. The molecule has 150 valence electrons. The van der Waals surface area contributed by atoms with Gasteiger partial charge < -0.3 is 9.30 Å². The molecule has 28 heavy (non-hydrogen) atoms. The maximum atomic E-state index is 12.8. The SMILES string of the molecule is CC(C)n1cc2c3c(cccc31)C1=C[C@@H](C(=O)OC(CF)CF)CN(C)[C@@H]1C2. The van der Waals surface area contributed by atoms with Crippen molar-refractivity contribution in [1.82, 2.24) is 9.47 Å². The third-order valence-corrected chi connectivity index (χ3v) is 5.90. The van der Waals surface area contributed by atoms with Crippen molar-refractivity contribution in [2.75, 3.05) is 26.9 Å². The molecule has 4 nitrogen and oxygen atoms in total. The number of benzene rings is 1. The smallest absolute Gasteiger partial charge is 0.314 e. The van der Waals surface area contributed by atoms with Gasteiger partial charge in [0.2, 0.25) is 0 Å². The molecule has 0 amide bonds. The van der Waals surface area contributed by atoms with Gasteiger partial charge in [-0.15, -0.1) is 0 Å². The number of rotatable bonds is 5. The summed E-state index contributed by atoms with van der Waals surface area (Å²) in [7, 11) is 1.99. The van der Waals surface area contributed by atoms with Crippen LogP contribution in [-0.4, -0.2) is 54.5 Å². The number of fused-ring (bicyclic) bond motifs is 2. The fourth-order valence-electron chi connectivity index (χ4n) is 4.51. The van der Waals surface area contributed by atoms with E-state index in [-0.39, 0.29) is 6.04 Å². The first-order chi connectivity index (χ1) is 13.4. The van der Waals surface area contributed by atoms with Gasteiger partial charge >= 0.3 is 5.97 Å². The van der Waals surface area contributed by atoms with Crippen molar-refractivity contribution >= 4 is 22.4 Å². The Bertz CT molecular complexity index is 930. The van der Waals surface area contributed by atoms with Crippen LogP contribution in [-0.2, 0) is 16.0 Å². The van der Waals surface area contributed by atoms with E-state index in [1.165, 1.54) is 16.5 Å². The molecule has 1 aromatic carbocycles. The number of aromatic nitrogens is 1. The molecule has 0 fully saturated rings. The molecular weight excluding hydrogens is 362 g/mol. The molecule has 0 bridgehead atoms. The summed E-state index contributed by atoms with van der Waals surface area (Å²) in [5.74, 6) is -1.09. The second kappa shape index (κ2) is 7.32. The van der Waals surface area contributed by atoms with Crippen molar-refractivity contribution in [3.05, 3.63) is 41.6 Å². The Morgan fingerprint density at radius 2 is 2.04 bits per heavy atom. The number of nitrogens with zero attached hydrogens (tertiary/aromatic N) is 2. The number of carbonyl (C=O) groups is 1. The van der Waals surface area contributed by atoms with E-state index in [0.717, 1.165) is 17.6 Å². The van der Waals surface area contributed by atoms with Gasteiger partial charge in [-0.05, 0) is 50.1 Å². The lowest BCUT2D eigenvalue weighted by Gasteiger charge is -2.39. The van der Waals surface area contributed by atoms with Gasteiger partial charge in [-0.3, -0.25) is 9.69 Å². The van der Waals surface area contributed by atoms with E-state index in [9.17, 15) is 13.6 Å². The Kier molecular flexibility index (Phi) is 5.00. The van der Waals surface area contributed by atoms with Crippen LogP contribution in [0.15, 0.2) is 30.5 Å². The van der Waals surface area contributed by atoms with Gasteiger partial charge in [0.15, 0.2) is 6.10 Å². The van der Waals surface area contributed by atoms with Crippen molar-refractivity contribution in [1.29, 1.82) is 0 Å². The average Bonchev–Trinajstić information content (AvgIpc) is 3.07. The number of hydrogen-bond donors (Lipinski definition) is 0. The Labute approximate surface area is 163 Å². The summed E-state index contributed by atoms with van der Waals surface area (Å²) in [5.41, 5.74) is 4.76. The molecule has 0 saturated carbocycles. The minimum atomic E-state index is -1.31. The van der Waals surface area contributed by atoms with Crippen molar-refractivity contribution in [3.8, 4) is 0 Å². The summed E-state index contributed by atoms with van der Waals surface area (Å²) >= 11 is 0. The standard InChI is InChI=1S/C22H26F2N2O2/c1-13(2)26-12-14-8-20-18(17-5-4-6-19(26)21(14)17)7-15(11-25(20)3)22(27)28-16(9-23)10-24/h4-7,12-13,15-16,20H,8-11H2,1-3H3/t15-,20-/m1/s1. The maximum absolute atomic E-state index is 12.8. The summed E-state index contributed by atoms with van der Waals surface area (Å²) < 4.78 is 32.9. The van der Waals surface area contributed by atoms with E-state index in [1.807, 2.05) is 19.2 Å². The van der Waals surface area contributed by atoms with E-state index in [2.05, 4.69) is 41.6 Å². The first-order valence-electron chi connectivity index (χ1n) is 9.81. The first-order valence-corrected chi connectivity index (χ1v) is 9.81. The lowest BCUT2D eigenvalue weighted by molar-refractivity contribution is -0.154. The lowest BCUT2D eigenvalue weighted by atomic mass is 9.80. The molecular formula is C22H26F2N2O2. The van der Waals surface area contributed by atoms with Crippen molar-refractivity contribution in [3.63, 3.8) is 0 Å². The van der Waals surface area contributed by atoms with E-state index in [0.29, 0.717) is 12.6 Å². The zero-order valence-electron chi connectivity index (χ0n) is 16.5. The van der Waals surface area contributed by atoms with Crippen LogP contribution in [0.5, 0.6) is 0 Å². The summed E-state index contributed by atoms with van der Waals surface area (Å²) in [6.07, 6.45) is 3.77. The van der Waals surface area contributed by atoms with Gasteiger partial charge in [-0.2, -0.15) is 0 Å². The minimum Gasteiger partial charge on any atom is -0.456 e. The Morgan fingerprint density at radius 1 is 1.29 bits per heavy atom. The quantitative estimate of drug-likeness (QED) is 0.728. The second-order valence-corrected chi connectivity index (χ2v) is 8.11. The number of hydrogen-bond acceptors (Lipinski definition) is 3. The Morgan fingerprint density at radius 3 is 2.71 bits per heavy atom. The molecule has 2 aromatic rings. The van der Waals surface area contributed by atoms with E-state index >= 15 is 0 Å². The normalized spacial score (nSPS) is 21.9. The van der Waals surface area contributed by atoms with E-state index in [4.69, 9.17) is 4.74 Å². The van der Waals surface area contributed by atoms with Crippen molar-refractivity contribution in [2.24, 2.45) is 5.92 Å². The fourth-order valence-corrected chi connectivity index (χ4v) is 4.51. The fraction of sp³-hybridized carbons (Fsp3) is 0.500. The molecule has 0 unspecified atom stereocenters. The molecule has 0 spiro atoms. The molecule has 2 atom stereocenters. The predicted octanol–water partition coefficient (Wildman–Crippen LogP) is 3.94. The van der Waals surface area contributed by atoms with Gasteiger partial charge in [-0.1, -0.05) is 18.2 Å². The zero-order chi connectivity index (χ0) is 20.0. The molecule has 0 saturated heterocycles. The third-order valence-electron chi connectivity index (χ3n) is 5.90. The zero-order valence-corrected chi connectivity index (χ0v) is 16.5. The van der Waals surface area contributed by atoms with Crippen LogP contribution in [0.2, 0.25) is 0 Å². The summed E-state index contributed by atoms with van der Waals surface area (Å²) in [5, 5.41) is 1.24. The van der Waals surface area contributed by atoms with Crippen LogP contribution in [0.1, 0.15) is 31.0 Å². The molecule has 0 N–H and O–H groups in total. The van der Waals surface area contributed by atoms with E-state index < -0.39 is 31.3 Å². The van der Waals surface area contributed by atoms with Gasteiger partial charge in [0.25, 0.3) is 0 Å². The minimum absolute atomic E-state index is 0.184. The topological polar surface area (TPSA) is 34.5 Å². The van der Waals surface area contributed by atoms with Gasteiger partial charge in [0.05, 0.1) is 5.92 Å². The van der Waals surface area contributed by atoms with Crippen LogP contribution >= 0.6 is 0 Å². The largest absolute Gasteiger partial charge is 0.456 e. The molecule has 1 aliphatic carbocycles. The highest BCUT2D eigenvalue weighted by molar-refractivity contribution is 5.99. The number of carbonyl (C=O) groups excluding carboxylic acids is 1. The van der Waals surface area contributed by atoms with Crippen molar-refractivity contribution in [2.45, 2.75) is 38.5 Å². The number of esters is 1. The number of likely N-dealkylation sites (N-methyl/N-ethyl adjacent to an activating group) is 1. The van der Waals surface area contributed by atoms with Crippen LogP contribution in [0.3, 0.4) is 0 Å². The molecule has 6 heteroatoms. The monoisotopic (exact) mass is 388 g/mol. The first kappa shape index (κ1) is 19.1. The van der Waals surface area contributed by atoms with Crippen LogP contribution in [0, 0.1) is 5.92 Å². The number of alkyl halides is 2. The van der Waals surface area contributed by atoms with Crippen molar-refractivity contribution < 1.29 is 18.3 Å². The van der Waals surface area contributed by atoms with E-state index in [1.54, 1.807) is 0 Å². The molecule has 0 radical (unpaired) electrons. The lowest BCUT2D eigenvalue weighted by Crippen LogP contribution is -2.45. The van der Waals surface area contributed by atoms with Gasteiger partial charge in [0, 0.05) is 35.7 Å². The maximum Gasteiger partial charge on any atom is 0.314 e. The second-order valence-electron chi connectivity index (χ2n) is 8.11. The molecule has 1 aromatic heterocycles. The van der Waals surface area contributed by atoms with Crippen LogP contribution in [0.25, 0.3) is 16.5 Å². The number of ether oxygens (including phenoxy) is 1. The van der Waals surface area contributed by atoms with Crippen LogP contribution in [0.4, 0.5) is 8.78 Å². The van der Waals surface area contributed by atoms with Gasteiger partial charge in [-0.25, -0.2) is 8.78 Å². The average molecular weight is 388 g/mol. The Balaban J connectivity index is 1.76. The summed E-state index contributed by atoms with van der Waals surface area (Å²) in [6, 6.07) is 6.83. The molecule has 2 heterocycles. The van der Waals surface area contributed by atoms with Crippen LogP contribution < -0.4 is 0 Å². The number of halogens is 2. The molecule has 1 aliphatic heterocycles.